The Bertz CT molecular complexity index is 1540. The van der Waals surface area contributed by atoms with Gasteiger partial charge in [0.25, 0.3) is 0 Å². The summed E-state index contributed by atoms with van der Waals surface area (Å²) in [5.74, 6) is 0.490. The van der Waals surface area contributed by atoms with E-state index in [-0.39, 0.29) is 0 Å². The maximum atomic E-state index is 5.59. The monoisotopic (exact) mass is 550 g/mol. The minimum absolute atomic E-state index is 0.490. The van der Waals surface area contributed by atoms with Gasteiger partial charge in [0, 0.05) is 17.1 Å². The van der Waals surface area contributed by atoms with E-state index in [0.717, 1.165) is 33.5 Å². The van der Waals surface area contributed by atoms with Crippen LogP contribution in [0.15, 0.2) is 97.6 Å². The van der Waals surface area contributed by atoms with Crippen molar-refractivity contribution in [3.8, 4) is 11.3 Å². The van der Waals surface area contributed by atoms with Gasteiger partial charge in [0.05, 0.1) is 40.5 Å². The van der Waals surface area contributed by atoms with Crippen LogP contribution in [0.4, 0.5) is 5.82 Å². The first kappa shape index (κ1) is 34.4. The van der Waals surface area contributed by atoms with Gasteiger partial charge in [-0.05, 0) is 44.0 Å². The summed E-state index contributed by atoms with van der Waals surface area (Å²) in [6.07, 6.45) is 5.24. The summed E-state index contributed by atoms with van der Waals surface area (Å²) in [7, 11) is 0. The predicted molar refractivity (Wildman–Crippen MR) is 178 cm³/mol. The molecule has 6 aromatic rings. The molecule has 6 heteroatoms. The summed E-state index contributed by atoms with van der Waals surface area (Å²) < 4.78 is 0. The van der Waals surface area contributed by atoms with E-state index in [0.29, 0.717) is 5.82 Å². The minimum atomic E-state index is 0.490. The molecule has 0 radical (unpaired) electrons. The predicted octanol–water partition coefficient (Wildman–Crippen LogP) is 9.53. The molecule has 0 saturated carbocycles. The van der Waals surface area contributed by atoms with Gasteiger partial charge in [0.1, 0.15) is 5.82 Å². The molecular formula is C35H46N6. The quantitative estimate of drug-likeness (QED) is 0.213. The number of nitrogen functional groups attached to an aromatic ring is 1. The number of H-pyrrole nitrogens is 1. The van der Waals surface area contributed by atoms with Gasteiger partial charge in [-0.25, -0.2) is 15.0 Å². The van der Waals surface area contributed by atoms with E-state index >= 15 is 0 Å². The van der Waals surface area contributed by atoms with Crippen LogP contribution in [0.25, 0.3) is 33.2 Å². The van der Waals surface area contributed by atoms with E-state index in [1.54, 1.807) is 12.5 Å². The number of imidazole rings is 1. The molecule has 0 bridgehead atoms. The first-order chi connectivity index (χ1) is 20.0. The number of fused-ring (bicyclic) bond motifs is 2. The highest BCUT2D eigenvalue weighted by Gasteiger charge is 2.01. The molecule has 0 saturated heterocycles. The first-order valence-corrected chi connectivity index (χ1v) is 14.4. The molecule has 3 aromatic heterocycles. The van der Waals surface area contributed by atoms with Crippen LogP contribution < -0.4 is 5.73 Å². The number of aryl methyl sites for hydroxylation is 3. The number of aromatic nitrogens is 5. The van der Waals surface area contributed by atoms with Gasteiger partial charge in [-0.3, -0.25) is 4.98 Å². The summed E-state index contributed by atoms with van der Waals surface area (Å²) in [5, 5.41) is 1.22. The maximum absolute atomic E-state index is 5.59. The third-order valence-corrected chi connectivity index (χ3v) is 5.54. The number of benzene rings is 3. The van der Waals surface area contributed by atoms with Gasteiger partial charge in [0.15, 0.2) is 0 Å². The molecule has 0 aliphatic rings. The molecular weight excluding hydrogens is 504 g/mol. The summed E-state index contributed by atoms with van der Waals surface area (Å²) in [6.45, 7) is 18.0. The van der Waals surface area contributed by atoms with Crippen molar-refractivity contribution < 1.29 is 0 Å². The number of nitrogens with zero attached hydrogens (tertiary/aromatic N) is 4. The van der Waals surface area contributed by atoms with Crippen molar-refractivity contribution in [2.45, 2.75) is 62.3 Å². The van der Waals surface area contributed by atoms with Crippen LogP contribution in [0.5, 0.6) is 0 Å². The third-order valence-electron chi connectivity index (χ3n) is 5.54. The highest BCUT2D eigenvalue weighted by Crippen LogP contribution is 2.17. The maximum Gasteiger partial charge on any atom is 0.144 e. The molecule has 0 fully saturated rings. The highest BCUT2D eigenvalue weighted by atomic mass is 14.9. The van der Waals surface area contributed by atoms with E-state index in [1.807, 2.05) is 103 Å². The first-order valence-electron chi connectivity index (χ1n) is 14.4. The molecule has 3 N–H and O–H groups in total. The number of pyridine rings is 1. The zero-order chi connectivity index (χ0) is 30.6. The fraction of sp³-hybridized carbons (Fsp3) is 0.257. The lowest BCUT2D eigenvalue weighted by Crippen LogP contribution is -1.97. The molecule has 3 heterocycles. The van der Waals surface area contributed by atoms with Crippen molar-refractivity contribution >= 4 is 27.8 Å². The molecule has 6 rings (SSSR count). The van der Waals surface area contributed by atoms with Gasteiger partial charge in [-0.15, -0.1) is 0 Å². The van der Waals surface area contributed by atoms with Crippen LogP contribution in [0.3, 0.4) is 0 Å². The van der Waals surface area contributed by atoms with Crippen LogP contribution >= 0.6 is 0 Å². The van der Waals surface area contributed by atoms with Crippen molar-refractivity contribution in [3.05, 3.63) is 114 Å². The average Bonchev–Trinajstić information content (AvgIpc) is 3.54. The largest absolute Gasteiger partial charge is 0.382 e. The molecule has 216 valence electrons. The number of nitrogens with two attached hydrogens (primary N) is 1. The normalized spacial score (nSPS) is 9.20. The van der Waals surface area contributed by atoms with Crippen molar-refractivity contribution in [1.29, 1.82) is 0 Å². The van der Waals surface area contributed by atoms with Crippen LogP contribution in [0.1, 0.15) is 58.4 Å². The highest BCUT2D eigenvalue weighted by molar-refractivity contribution is 5.81. The van der Waals surface area contributed by atoms with E-state index in [9.17, 15) is 0 Å². The van der Waals surface area contributed by atoms with Crippen molar-refractivity contribution in [1.82, 2.24) is 24.9 Å². The number of hydrogen-bond donors (Lipinski definition) is 2. The van der Waals surface area contributed by atoms with Gasteiger partial charge in [0.2, 0.25) is 0 Å². The molecule has 0 aliphatic heterocycles. The Morgan fingerprint density at radius 1 is 0.610 bits per heavy atom. The van der Waals surface area contributed by atoms with Crippen LogP contribution in [-0.2, 0) is 0 Å². The number of nitrogens with one attached hydrogen (secondary N) is 1. The Balaban J connectivity index is 0.000000284. The standard InChI is InChI=1S/C11H11N3.C10H9N.C8H8N2.3C2H6/c1-8-11(12)13-7-10(14-8)9-5-3-2-4-6-9;1-8-4-2-5-9-6-3-7-11-10(8)9;1-6-3-2-4-7-8(6)10-5-9-7;3*1-2/h2-7H,1H3,(H2,12,13);2-7H,1H3;2-5H,1H3,(H,9,10);3*1-2H3. The van der Waals surface area contributed by atoms with Gasteiger partial charge in [-0.1, -0.05) is 108 Å². The fourth-order valence-electron chi connectivity index (χ4n) is 3.61. The van der Waals surface area contributed by atoms with Crippen LogP contribution in [0.2, 0.25) is 0 Å². The number of aromatic amines is 1. The molecule has 6 nitrogen and oxygen atoms in total. The number of para-hydroxylation sites is 2. The molecule has 0 amide bonds. The lowest BCUT2D eigenvalue weighted by Gasteiger charge is -2.02. The van der Waals surface area contributed by atoms with E-state index < -0.39 is 0 Å². The minimum Gasteiger partial charge on any atom is -0.382 e. The van der Waals surface area contributed by atoms with Crippen molar-refractivity contribution in [2.24, 2.45) is 0 Å². The second-order valence-corrected chi connectivity index (χ2v) is 8.12. The van der Waals surface area contributed by atoms with E-state index in [4.69, 9.17) is 5.73 Å². The number of hydrogen-bond acceptors (Lipinski definition) is 5. The molecule has 0 unspecified atom stereocenters. The third kappa shape index (κ3) is 10.5. The average molecular weight is 551 g/mol. The zero-order valence-corrected chi connectivity index (χ0v) is 26.1. The fourth-order valence-corrected chi connectivity index (χ4v) is 3.61. The van der Waals surface area contributed by atoms with Gasteiger partial charge < -0.3 is 10.7 Å². The summed E-state index contributed by atoms with van der Waals surface area (Å²) in [6, 6.07) is 26.3. The Morgan fingerprint density at radius 2 is 1.22 bits per heavy atom. The lowest BCUT2D eigenvalue weighted by atomic mass is 10.1. The SMILES string of the molecule is CC.CC.CC.Cc1cccc2[nH]cnc12.Cc1cccc2cccnc12.Cc1nc(-c2ccccc2)cnc1N. The summed E-state index contributed by atoms with van der Waals surface area (Å²) >= 11 is 0. The Kier molecular flexibility index (Phi) is 16.4. The Labute approximate surface area is 246 Å². The topological polar surface area (TPSA) is 93.4 Å². The molecule has 0 spiro atoms. The lowest BCUT2D eigenvalue weighted by molar-refractivity contribution is 1.13. The molecule has 41 heavy (non-hydrogen) atoms. The second kappa shape index (κ2) is 19.5. The van der Waals surface area contributed by atoms with Crippen LogP contribution in [-0.4, -0.2) is 24.9 Å². The smallest absolute Gasteiger partial charge is 0.144 e. The van der Waals surface area contributed by atoms with Crippen LogP contribution in [0, 0.1) is 20.8 Å². The van der Waals surface area contributed by atoms with Crippen molar-refractivity contribution in [3.63, 3.8) is 0 Å². The van der Waals surface area contributed by atoms with Crippen molar-refractivity contribution in [2.75, 3.05) is 5.73 Å². The second-order valence-electron chi connectivity index (χ2n) is 8.12. The van der Waals surface area contributed by atoms with Gasteiger partial charge >= 0.3 is 0 Å². The molecule has 0 aliphatic carbocycles. The molecule has 3 aromatic carbocycles. The number of rotatable bonds is 1. The number of anilines is 1. The van der Waals surface area contributed by atoms with E-state index in [1.165, 1.54) is 16.5 Å². The summed E-state index contributed by atoms with van der Waals surface area (Å²) in [5.41, 5.74) is 14.0. The van der Waals surface area contributed by atoms with E-state index in [2.05, 4.69) is 69.1 Å². The van der Waals surface area contributed by atoms with Gasteiger partial charge in [-0.2, -0.15) is 0 Å². The Morgan fingerprint density at radius 3 is 1.83 bits per heavy atom. The summed E-state index contributed by atoms with van der Waals surface area (Å²) in [4.78, 5) is 19.9. The molecule has 0 atom stereocenters. The Hall–Kier alpha value is -4.58. The zero-order valence-electron chi connectivity index (χ0n) is 26.1.